The van der Waals surface area contributed by atoms with Crippen molar-refractivity contribution >= 4 is 38.6 Å². The van der Waals surface area contributed by atoms with Gasteiger partial charge in [0.05, 0.1) is 11.4 Å². The van der Waals surface area contributed by atoms with Gasteiger partial charge in [-0.25, -0.2) is 0 Å². The van der Waals surface area contributed by atoms with E-state index in [1.807, 2.05) is 0 Å². The molecule has 0 N–H and O–H groups in total. The average molecular weight is 766 g/mol. The summed E-state index contributed by atoms with van der Waals surface area (Å²) in [6, 6.07) is 82.5. The van der Waals surface area contributed by atoms with Crippen LogP contribution in [0.4, 0.5) is 17.1 Å². The van der Waals surface area contributed by atoms with Crippen LogP contribution in [0.5, 0.6) is 0 Å². The monoisotopic (exact) mass is 765 g/mol. The summed E-state index contributed by atoms with van der Waals surface area (Å²) < 4.78 is 0. The van der Waals surface area contributed by atoms with Crippen molar-refractivity contribution < 1.29 is 0 Å². The van der Waals surface area contributed by atoms with Crippen LogP contribution in [-0.4, -0.2) is 0 Å². The van der Waals surface area contributed by atoms with E-state index in [0.29, 0.717) is 0 Å². The minimum absolute atomic E-state index is 0.145. The van der Waals surface area contributed by atoms with Gasteiger partial charge in [0.2, 0.25) is 0 Å². The Morgan fingerprint density at radius 3 is 1.62 bits per heavy atom. The summed E-state index contributed by atoms with van der Waals surface area (Å²) in [7, 11) is 0. The lowest BCUT2D eigenvalue weighted by Gasteiger charge is -2.32. The largest absolute Gasteiger partial charge is 0.309 e. The second-order valence-electron chi connectivity index (χ2n) is 16.5. The molecule has 0 aromatic heterocycles. The normalized spacial score (nSPS) is 12.6. The molecule has 11 rings (SSSR count). The van der Waals surface area contributed by atoms with Gasteiger partial charge in [-0.15, -0.1) is 0 Å². The minimum atomic E-state index is -0.145. The number of anilines is 3. The molecule has 1 aliphatic carbocycles. The van der Waals surface area contributed by atoms with Gasteiger partial charge in [-0.1, -0.05) is 208 Å². The molecule has 0 saturated carbocycles. The molecule has 0 spiro atoms. The van der Waals surface area contributed by atoms with Gasteiger partial charge >= 0.3 is 0 Å². The maximum absolute atomic E-state index is 2.52. The number of rotatable bonds is 7. The first kappa shape index (κ1) is 35.7. The van der Waals surface area contributed by atoms with Crippen LogP contribution in [0, 0.1) is 0 Å². The lowest BCUT2D eigenvalue weighted by molar-refractivity contribution is 0.660. The summed E-state index contributed by atoms with van der Waals surface area (Å²) >= 11 is 0. The van der Waals surface area contributed by atoms with Crippen LogP contribution >= 0.6 is 0 Å². The second kappa shape index (κ2) is 14.4. The van der Waals surface area contributed by atoms with E-state index in [-0.39, 0.29) is 5.41 Å². The van der Waals surface area contributed by atoms with E-state index in [1.54, 1.807) is 0 Å². The third-order valence-corrected chi connectivity index (χ3v) is 12.7. The highest BCUT2D eigenvalue weighted by atomic mass is 15.1. The summed E-state index contributed by atoms with van der Waals surface area (Å²) in [6.45, 7) is 4.73. The van der Waals surface area contributed by atoms with Crippen molar-refractivity contribution in [1.82, 2.24) is 0 Å². The number of nitrogens with zero attached hydrogens (tertiary/aromatic N) is 1. The Labute approximate surface area is 352 Å². The maximum atomic E-state index is 2.52. The van der Waals surface area contributed by atoms with Crippen molar-refractivity contribution in [3.8, 4) is 55.6 Å². The highest BCUT2D eigenvalue weighted by Crippen LogP contribution is 2.56. The van der Waals surface area contributed by atoms with Gasteiger partial charge in [-0.2, -0.15) is 0 Å². The molecule has 0 unspecified atom stereocenters. The Bertz CT molecular complexity index is 3210. The van der Waals surface area contributed by atoms with Crippen LogP contribution in [0.1, 0.15) is 25.0 Å². The first-order chi connectivity index (χ1) is 29.5. The molecule has 0 radical (unpaired) electrons. The van der Waals surface area contributed by atoms with Gasteiger partial charge in [-0.05, 0) is 108 Å². The zero-order valence-electron chi connectivity index (χ0n) is 33.8. The second-order valence-corrected chi connectivity index (χ2v) is 16.5. The third-order valence-electron chi connectivity index (χ3n) is 12.7. The maximum Gasteiger partial charge on any atom is 0.0546 e. The highest BCUT2D eigenvalue weighted by Gasteiger charge is 2.38. The third kappa shape index (κ3) is 5.85. The SMILES string of the molecule is CC1(C)c2ccccc2-c2c(N(c3ccc(-c4ccc5c(ccc6ccccc65)c4)cc3)c3cccc(-c4ccccc4)c3-c3ccccc3-c3ccccc3)cccc21. The first-order valence-electron chi connectivity index (χ1n) is 20.9. The molecule has 60 heavy (non-hydrogen) atoms. The molecule has 0 bridgehead atoms. The van der Waals surface area contributed by atoms with Gasteiger partial charge in [-0.3, -0.25) is 0 Å². The van der Waals surface area contributed by atoms with E-state index in [9.17, 15) is 0 Å². The lowest BCUT2D eigenvalue weighted by Crippen LogP contribution is -2.16. The molecule has 0 amide bonds. The summed E-state index contributed by atoms with van der Waals surface area (Å²) in [4.78, 5) is 2.52. The summed E-state index contributed by atoms with van der Waals surface area (Å²) in [5.41, 5.74) is 18.1. The molecule has 10 aromatic rings. The van der Waals surface area contributed by atoms with Gasteiger partial charge in [0.25, 0.3) is 0 Å². The molecule has 0 aliphatic heterocycles. The molecule has 284 valence electrons. The van der Waals surface area contributed by atoms with Gasteiger partial charge in [0.1, 0.15) is 0 Å². The minimum Gasteiger partial charge on any atom is -0.309 e. The van der Waals surface area contributed by atoms with E-state index in [2.05, 4.69) is 243 Å². The lowest BCUT2D eigenvalue weighted by atomic mass is 9.82. The molecule has 1 nitrogen and oxygen atoms in total. The predicted molar refractivity (Wildman–Crippen MR) is 255 cm³/mol. The first-order valence-corrected chi connectivity index (χ1v) is 20.9. The molecular weight excluding hydrogens is 723 g/mol. The van der Waals surface area contributed by atoms with E-state index >= 15 is 0 Å². The van der Waals surface area contributed by atoms with Crippen molar-refractivity contribution in [2.45, 2.75) is 19.3 Å². The zero-order chi connectivity index (χ0) is 40.2. The summed E-state index contributed by atoms with van der Waals surface area (Å²) in [5.74, 6) is 0. The zero-order valence-corrected chi connectivity index (χ0v) is 33.8. The van der Waals surface area contributed by atoms with Crippen molar-refractivity contribution in [2.24, 2.45) is 0 Å². The van der Waals surface area contributed by atoms with E-state index in [0.717, 1.165) is 11.4 Å². The standard InChI is InChI=1S/C59H43N/c1-59(2)53-27-14-13-25-52(53)58-54(59)28-16-30-56(58)60(46-36-33-40(34-37-46)44-35-38-49-45(39-44)32-31-43-21-9-10-22-47(43)49)55-29-15-26-50(42-19-7-4-8-20-42)57(55)51-24-12-11-23-48(51)41-17-5-3-6-18-41/h3-39H,1-2H3. The van der Waals surface area contributed by atoms with Crippen LogP contribution < -0.4 is 4.90 Å². The number of fused-ring (bicyclic) bond motifs is 6. The Kier molecular flexibility index (Phi) is 8.57. The molecule has 0 heterocycles. The fourth-order valence-corrected chi connectivity index (χ4v) is 9.76. The fraction of sp³-hybridized carbons (Fsp3) is 0.0508. The van der Waals surface area contributed by atoms with Gasteiger partial charge in [0.15, 0.2) is 0 Å². The predicted octanol–water partition coefficient (Wildman–Crippen LogP) is 16.4. The molecular formula is C59H43N. The smallest absolute Gasteiger partial charge is 0.0546 e. The van der Waals surface area contributed by atoms with Gasteiger partial charge in [0, 0.05) is 22.2 Å². The molecule has 1 heteroatoms. The quantitative estimate of drug-likeness (QED) is 0.146. The van der Waals surface area contributed by atoms with Crippen molar-refractivity contribution in [3.63, 3.8) is 0 Å². The Hall–Kier alpha value is -7.48. The van der Waals surface area contributed by atoms with E-state index in [1.165, 1.54) is 94.0 Å². The Morgan fingerprint density at radius 1 is 0.317 bits per heavy atom. The number of hydrogen-bond donors (Lipinski definition) is 0. The van der Waals surface area contributed by atoms with Crippen LogP contribution in [0.3, 0.4) is 0 Å². The van der Waals surface area contributed by atoms with E-state index in [4.69, 9.17) is 0 Å². The molecule has 0 atom stereocenters. The highest BCUT2D eigenvalue weighted by molar-refractivity contribution is 6.09. The van der Waals surface area contributed by atoms with Crippen LogP contribution in [-0.2, 0) is 5.41 Å². The number of benzene rings is 10. The van der Waals surface area contributed by atoms with E-state index < -0.39 is 0 Å². The van der Waals surface area contributed by atoms with Crippen molar-refractivity contribution in [2.75, 3.05) is 4.90 Å². The molecule has 1 aliphatic rings. The Balaban J connectivity index is 1.16. The van der Waals surface area contributed by atoms with Crippen molar-refractivity contribution in [1.29, 1.82) is 0 Å². The van der Waals surface area contributed by atoms with Crippen LogP contribution in [0.2, 0.25) is 0 Å². The fourth-order valence-electron chi connectivity index (χ4n) is 9.76. The molecule has 0 fully saturated rings. The van der Waals surface area contributed by atoms with Crippen LogP contribution in [0.15, 0.2) is 224 Å². The number of hydrogen-bond acceptors (Lipinski definition) is 1. The Morgan fingerprint density at radius 2 is 0.850 bits per heavy atom. The topological polar surface area (TPSA) is 3.24 Å². The van der Waals surface area contributed by atoms with Crippen LogP contribution in [0.25, 0.3) is 77.2 Å². The summed E-state index contributed by atoms with van der Waals surface area (Å²) in [5, 5.41) is 5.08. The molecule has 0 saturated heterocycles. The van der Waals surface area contributed by atoms with Crippen molar-refractivity contribution in [3.05, 3.63) is 236 Å². The molecule has 10 aromatic carbocycles. The summed E-state index contributed by atoms with van der Waals surface area (Å²) in [6.07, 6.45) is 0. The van der Waals surface area contributed by atoms with Gasteiger partial charge < -0.3 is 4.90 Å². The average Bonchev–Trinajstić information content (AvgIpc) is 3.55.